The van der Waals surface area contributed by atoms with E-state index in [4.69, 9.17) is 19.9 Å². The van der Waals surface area contributed by atoms with Crippen LogP contribution in [0.25, 0.3) is 0 Å². The van der Waals surface area contributed by atoms with Gasteiger partial charge < -0.3 is 25.3 Å². The summed E-state index contributed by atoms with van der Waals surface area (Å²) in [7, 11) is -2.44. The third-order valence-electron chi connectivity index (χ3n) is 4.43. The molecular weight excluding hydrogens is 426 g/mol. The van der Waals surface area contributed by atoms with Gasteiger partial charge in [-0.2, -0.15) is 0 Å². The zero-order valence-electron chi connectivity index (χ0n) is 16.8. The molecule has 0 saturated heterocycles. The number of nitrogens with two attached hydrogens (primary N) is 1. The molecule has 0 unspecified atom stereocenters. The van der Waals surface area contributed by atoms with Gasteiger partial charge in [0.15, 0.2) is 11.5 Å². The quantitative estimate of drug-likeness (QED) is 0.550. The molecule has 1 heterocycles. The van der Waals surface area contributed by atoms with Crippen LogP contribution >= 0.6 is 0 Å². The van der Waals surface area contributed by atoms with Crippen LogP contribution in [0, 0.1) is 0 Å². The molecule has 1 aliphatic rings. The average Bonchev–Trinajstić information content (AvgIpc) is 2.98. The lowest BCUT2D eigenvalue weighted by Crippen LogP contribution is -2.28. The Hall–Kier alpha value is -3.31. The van der Waals surface area contributed by atoms with Gasteiger partial charge in [0.25, 0.3) is 0 Å². The minimum absolute atomic E-state index is 0.00740. The Morgan fingerprint density at radius 3 is 2.55 bits per heavy atom. The minimum atomic E-state index is -3.86. The topological polar surface area (TPSA) is 146 Å². The highest BCUT2D eigenvalue weighted by atomic mass is 32.2. The van der Waals surface area contributed by atoms with Gasteiger partial charge in [-0.1, -0.05) is 0 Å². The number of fused-ring (bicyclic) bond motifs is 1. The van der Waals surface area contributed by atoms with E-state index in [0.29, 0.717) is 36.9 Å². The van der Waals surface area contributed by atoms with Gasteiger partial charge in [-0.05, 0) is 30.3 Å². The van der Waals surface area contributed by atoms with E-state index in [1.165, 1.54) is 37.4 Å². The van der Waals surface area contributed by atoms with Crippen LogP contribution in [0.3, 0.4) is 0 Å². The highest BCUT2D eigenvalue weighted by Gasteiger charge is 2.19. The molecule has 2 aromatic carbocycles. The first-order valence-corrected chi connectivity index (χ1v) is 11.0. The number of primary amides is 1. The zero-order chi connectivity index (χ0) is 22.4. The molecule has 0 radical (unpaired) electrons. The van der Waals surface area contributed by atoms with Crippen molar-refractivity contribution in [2.45, 2.75) is 17.7 Å². The second kappa shape index (κ2) is 9.67. The maximum absolute atomic E-state index is 12.6. The largest absolute Gasteiger partial charge is 0.495 e. The second-order valence-corrected chi connectivity index (χ2v) is 8.40. The monoisotopic (exact) mass is 449 g/mol. The third-order valence-corrected chi connectivity index (χ3v) is 5.89. The van der Waals surface area contributed by atoms with Crippen molar-refractivity contribution >= 4 is 27.5 Å². The number of hydrogen-bond donors (Lipinski definition) is 3. The predicted molar refractivity (Wildman–Crippen MR) is 112 cm³/mol. The van der Waals surface area contributed by atoms with Gasteiger partial charge in [0.2, 0.25) is 21.8 Å². The predicted octanol–water partition coefficient (Wildman–Crippen LogP) is 1.26. The lowest BCUT2D eigenvalue weighted by molar-refractivity contribution is -0.116. The summed E-state index contributed by atoms with van der Waals surface area (Å²) in [6.45, 7) is 0.796. The standard InChI is InChI=1S/C20H23N3O7S/c1-28-16-5-3-13(20(21)25)11-15(16)23-19(24)7-8-22-31(26,27)14-4-6-17-18(12-14)30-10-2-9-29-17/h3-6,11-12,22H,2,7-10H2,1H3,(H2,21,25)(H,23,24). The number of nitrogens with one attached hydrogen (secondary N) is 2. The molecule has 10 nitrogen and oxygen atoms in total. The number of anilines is 1. The van der Waals surface area contributed by atoms with E-state index in [-0.39, 0.29) is 29.1 Å². The van der Waals surface area contributed by atoms with E-state index in [0.717, 1.165) is 0 Å². The first-order valence-electron chi connectivity index (χ1n) is 9.47. The fourth-order valence-electron chi connectivity index (χ4n) is 2.86. The van der Waals surface area contributed by atoms with Crippen LogP contribution in [0.5, 0.6) is 17.2 Å². The van der Waals surface area contributed by atoms with E-state index in [9.17, 15) is 18.0 Å². The second-order valence-electron chi connectivity index (χ2n) is 6.63. The molecule has 0 spiro atoms. The molecule has 31 heavy (non-hydrogen) atoms. The number of carbonyl (C=O) groups is 2. The van der Waals surface area contributed by atoms with Crippen LogP contribution < -0.4 is 30.0 Å². The van der Waals surface area contributed by atoms with Crippen molar-refractivity contribution in [1.29, 1.82) is 0 Å². The first-order chi connectivity index (χ1) is 14.8. The van der Waals surface area contributed by atoms with Crippen LogP contribution in [0.2, 0.25) is 0 Å². The number of sulfonamides is 1. The van der Waals surface area contributed by atoms with Crippen molar-refractivity contribution in [3.05, 3.63) is 42.0 Å². The minimum Gasteiger partial charge on any atom is -0.495 e. The fraction of sp³-hybridized carbons (Fsp3) is 0.300. The number of carbonyl (C=O) groups excluding carboxylic acids is 2. The Labute approximate surface area is 179 Å². The molecule has 1 aliphatic heterocycles. The summed E-state index contributed by atoms with van der Waals surface area (Å²) in [4.78, 5) is 23.6. The van der Waals surface area contributed by atoms with E-state index in [1.54, 1.807) is 6.07 Å². The molecule has 11 heteroatoms. The number of benzene rings is 2. The van der Waals surface area contributed by atoms with Crippen LogP contribution in [-0.2, 0) is 14.8 Å². The maximum atomic E-state index is 12.6. The van der Waals surface area contributed by atoms with E-state index in [2.05, 4.69) is 10.0 Å². The van der Waals surface area contributed by atoms with E-state index in [1.807, 2.05) is 0 Å². The van der Waals surface area contributed by atoms with Gasteiger partial charge in [-0.15, -0.1) is 0 Å². The van der Waals surface area contributed by atoms with Gasteiger partial charge in [0.05, 0.1) is 30.9 Å². The summed E-state index contributed by atoms with van der Waals surface area (Å²) >= 11 is 0. The molecule has 0 bridgehead atoms. The molecular formula is C20H23N3O7S. The molecule has 0 fully saturated rings. The zero-order valence-corrected chi connectivity index (χ0v) is 17.7. The third kappa shape index (κ3) is 5.64. The summed E-state index contributed by atoms with van der Waals surface area (Å²) in [6.07, 6.45) is 0.561. The summed E-state index contributed by atoms with van der Waals surface area (Å²) in [5.41, 5.74) is 5.71. The number of methoxy groups -OCH3 is 1. The van der Waals surface area contributed by atoms with Crippen molar-refractivity contribution in [2.24, 2.45) is 5.73 Å². The van der Waals surface area contributed by atoms with E-state index >= 15 is 0 Å². The summed E-state index contributed by atoms with van der Waals surface area (Å²) < 4.78 is 43.7. The Bertz CT molecular complexity index is 1090. The van der Waals surface area contributed by atoms with Gasteiger partial charge >= 0.3 is 0 Å². The van der Waals surface area contributed by atoms with Crippen molar-refractivity contribution in [2.75, 3.05) is 32.2 Å². The Balaban J connectivity index is 1.61. The molecule has 0 aliphatic carbocycles. The van der Waals surface area contributed by atoms with Gasteiger partial charge in [-0.25, -0.2) is 13.1 Å². The number of ether oxygens (including phenoxy) is 3. The van der Waals surface area contributed by atoms with E-state index < -0.39 is 21.8 Å². The molecule has 0 atom stereocenters. The molecule has 4 N–H and O–H groups in total. The number of amides is 2. The Kier molecular flexibility index (Phi) is 6.98. The Morgan fingerprint density at radius 2 is 1.84 bits per heavy atom. The fourth-order valence-corrected chi connectivity index (χ4v) is 3.91. The smallest absolute Gasteiger partial charge is 0.248 e. The summed E-state index contributed by atoms with van der Waals surface area (Å²) in [6, 6.07) is 8.71. The number of rotatable bonds is 8. The first kappa shape index (κ1) is 22.4. The summed E-state index contributed by atoms with van der Waals surface area (Å²) in [5, 5.41) is 2.59. The van der Waals surface area contributed by atoms with Crippen molar-refractivity contribution < 1.29 is 32.2 Å². The van der Waals surface area contributed by atoms with Crippen molar-refractivity contribution in [3.63, 3.8) is 0 Å². The van der Waals surface area contributed by atoms with Crippen molar-refractivity contribution in [3.8, 4) is 17.2 Å². The van der Waals surface area contributed by atoms with Crippen molar-refractivity contribution in [1.82, 2.24) is 4.72 Å². The Morgan fingerprint density at radius 1 is 1.10 bits per heavy atom. The van der Waals surface area contributed by atoms with Crippen LogP contribution in [0.1, 0.15) is 23.2 Å². The summed E-state index contributed by atoms with van der Waals surface area (Å²) in [5.74, 6) is 0.0657. The molecule has 0 saturated carbocycles. The maximum Gasteiger partial charge on any atom is 0.248 e. The van der Waals surface area contributed by atoms with Crippen LogP contribution in [0.15, 0.2) is 41.3 Å². The lowest BCUT2D eigenvalue weighted by Gasteiger charge is -2.12. The lowest BCUT2D eigenvalue weighted by atomic mass is 10.1. The van der Waals surface area contributed by atoms with Crippen LogP contribution in [-0.4, -0.2) is 47.1 Å². The molecule has 3 rings (SSSR count). The molecule has 0 aromatic heterocycles. The molecule has 2 aromatic rings. The average molecular weight is 449 g/mol. The van der Waals surface area contributed by atoms with Gasteiger partial charge in [-0.3, -0.25) is 9.59 Å². The molecule has 166 valence electrons. The normalized spacial score (nSPS) is 13.2. The van der Waals surface area contributed by atoms with Gasteiger partial charge in [0.1, 0.15) is 5.75 Å². The molecule has 2 amide bonds. The van der Waals surface area contributed by atoms with Gasteiger partial charge in [0, 0.05) is 31.0 Å². The van der Waals surface area contributed by atoms with Crippen LogP contribution in [0.4, 0.5) is 5.69 Å². The SMILES string of the molecule is COc1ccc(C(N)=O)cc1NC(=O)CCNS(=O)(=O)c1ccc2c(c1)OCCCO2. The highest BCUT2D eigenvalue weighted by Crippen LogP contribution is 2.31. The highest BCUT2D eigenvalue weighted by molar-refractivity contribution is 7.89. The number of hydrogen-bond acceptors (Lipinski definition) is 7.